The number of aromatic nitrogens is 2. The van der Waals surface area contributed by atoms with Gasteiger partial charge >= 0.3 is 0 Å². The summed E-state index contributed by atoms with van der Waals surface area (Å²) in [7, 11) is 0. The molecule has 114 valence electrons. The molecule has 3 aromatic rings. The minimum Gasteiger partial charge on any atom is -0.411 e. The Hall–Kier alpha value is -2.72. The topological polar surface area (TPSA) is 58.4 Å². The fourth-order valence-electron chi connectivity index (χ4n) is 2.38. The van der Waals surface area contributed by atoms with Gasteiger partial charge in [0.05, 0.1) is 11.9 Å². The van der Waals surface area contributed by atoms with Crippen LogP contribution >= 0.6 is 11.6 Å². The number of halogens is 1. The lowest BCUT2D eigenvalue weighted by Gasteiger charge is -2.10. The summed E-state index contributed by atoms with van der Waals surface area (Å²) in [6, 6.07) is 15.3. The van der Waals surface area contributed by atoms with E-state index >= 15 is 0 Å². The molecule has 0 radical (unpaired) electrons. The molecule has 0 saturated carbocycles. The van der Waals surface area contributed by atoms with Crippen LogP contribution in [0, 0.1) is 6.92 Å². The van der Waals surface area contributed by atoms with E-state index in [9.17, 15) is 0 Å². The monoisotopic (exact) mass is 323 g/mol. The molecular weight excluding hydrogens is 310 g/mol. The van der Waals surface area contributed by atoms with E-state index in [0.717, 1.165) is 16.7 Å². The Morgan fingerprint density at radius 2 is 1.91 bits per heavy atom. The van der Waals surface area contributed by atoms with Gasteiger partial charge < -0.3 is 5.21 Å². The third-order valence-corrected chi connectivity index (χ3v) is 3.72. The van der Waals surface area contributed by atoms with Crippen molar-refractivity contribution >= 4 is 17.8 Å². The zero-order chi connectivity index (χ0) is 16.2. The van der Waals surface area contributed by atoms with Crippen LogP contribution in [-0.4, -0.2) is 21.4 Å². The number of nitrogens with zero attached hydrogens (tertiary/aromatic N) is 3. The van der Waals surface area contributed by atoms with Gasteiger partial charge in [-0.25, -0.2) is 9.97 Å². The predicted octanol–water partition coefficient (Wildman–Crippen LogP) is 4.58. The van der Waals surface area contributed by atoms with Crippen molar-refractivity contribution in [1.82, 2.24) is 9.97 Å². The maximum atomic E-state index is 8.88. The zero-order valence-electron chi connectivity index (χ0n) is 12.4. The van der Waals surface area contributed by atoms with E-state index in [1.807, 2.05) is 55.5 Å². The molecule has 1 N–H and O–H groups in total. The first kappa shape index (κ1) is 15.2. The van der Waals surface area contributed by atoms with Crippen molar-refractivity contribution < 1.29 is 5.21 Å². The van der Waals surface area contributed by atoms with Crippen LogP contribution in [0.5, 0.6) is 0 Å². The van der Waals surface area contributed by atoms with Crippen molar-refractivity contribution in [2.24, 2.45) is 5.16 Å². The molecule has 0 aliphatic heterocycles. The van der Waals surface area contributed by atoms with Gasteiger partial charge in [0.1, 0.15) is 0 Å². The highest BCUT2D eigenvalue weighted by Gasteiger charge is 2.12. The molecule has 0 amide bonds. The summed E-state index contributed by atoms with van der Waals surface area (Å²) in [5.41, 5.74) is 4.17. The molecule has 1 heterocycles. The highest BCUT2D eigenvalue weighted by molar-refractivity contribution is 6.30. The van der Waals surface area contributed by atoms with E-state index in [1.54, 1.807) is 6.20 Å². The number of hydrogen-bond acceptors (Lipinski definition) is 4. The molecule has 0 aliphatic carbocycles. The van der Waals surface area contributed by atoms with E-state index < -0.39 is 0 Å². The molecule has 5 heteroatoms. The summed E-state index contributed by atoms with van der Waals surface area (Å²) in [4.78, 5) is 9.03. The van der Waals surface area contributed by atoms with Gasteiger partial charge in [-0.15, -0.1) is 0 Å². The van der Waals surface area contributed by atoms with E-state index in [1.165, 1.54) is 6.21 Å². The molecule has 2 aromatic carbocycles. The Morgan fingerprint density at radius 3 is 2.61 bits per heavy atom. The second-order valence-electron chi connectivity index (χ2n) is 5.07. The molecule has 0 saturated heterocycles. The Balaban J connectivity index is 2.20. The Bertz CT molecular complexity index is 863. The largest absolute Gasteiger partial charge is 0.411 e. The third kappa shape index (κ3) is 3.22. The molecule has 0 spiro atoms. The molecule has 0 unspecified atom stereocenters. The van der Waals surface area contributed by atoms with Crippen LogP contribution in [0.25, 0.3) is 22.6 Å². The SMILES string of the molecule is Cc1cc(Cl)ccc1-c1nc(-c2ccccc2)ncc1/C=N/O. The summed E-state index contributed by atoms with van der Waals surface area (Å²) in [6.45, 7) is 1.96. The lowest BCUT2D eigenvalue weighted by atomic mass is 10.0. The van der Waals surface area contributed by atoms with Crippen molar-refractivity contribution in [2.45, 2.75) is 6.92 Å². The second kappa shape index (κ2) is 6.58. The lowest BCUT2D eigenvalue weighted by molar-refractivity contribution is 0.322. The normalized spacial score (nSPS) is 11.0. The maximum Gasteiger partial charge on any atom is 0.159 e. The van der Waals surface area contributed by atoms with Gasteiger partial charge in [-0.3, -0.25) is 0 Å². The smallest absolute Gasteiger partial charge is 0.159 e. The summed E-state index contributed by atoms with van der Waals surface area (Å²) < 4.78 is 0. The number of aryl methyl sites for hydroxylation is 1. The van der Waals surface area contributed by atoms with Crippen LogP contribution in [0.2, 0.25) is 5.02 Å². The number of benzene rings is 2. The first-order valence-electron chi connectivity index (χ1n) is 7.05. The van der Waals surface area contributed by atoms with Crippen LogP contribution < -0.4 is 0 Å². The van der Waals surface area contributed by atoms with Crippen molar-refractivity contribution in [2.75, 3.05) is 0 Å². The number of oxime groups is 1. The van der Waals surface area contributed by atoms with Crippen LogP contribution in [0.4, 0.5) is 0 Å². The van der Waals surface area contributed by atoms with Gasteiger partial charge in [0.25, 0.3) is 0 Å². The molecule has 1 aromatic heterocycles. The first-order valence-corrected chi connectivity index (χ1v) is 7.43. The standard InChI is InChI=1S/C18H14ClN3O/c1-12-9-15(19)7-8-16(12)17-14(11-21-23)10-20-18(22-17)13-5-3-2-4-6-13/h2-11,23H,1H3/b21-11+. The molecule has 3 rings (SSSR count). The summed E-state index contributed by atoms with van der Waals surface area (Å²) in [5.74, 6) is 0.616. The van der Waals surface area contributed by atoms with Crippen LogP contribution in [-0.2, 0) is 0 Å². The fraction of sp³-hybridized carbons (Fsp3) is 0.0556. The molecule has 0 aliphatic rings. The number of rotatable bonds is 3. The average Bonchev–Trinajstić information content (AvgIpc) is 2.57. The Labute approximate surface area is 139 Å². The fourth-order valence-corrected chi connectivity index (χ4v) is 2.61. The average molecular weight is 324 g/mol. The molecule has 0 atom stereocenters. The summed E-state index contributed by atoms with van der Waals surface area (Å²) in [5, 5.41) is 12.7. The Kier molecular flexibility index (Phi) is 4.35. The first-order chi connectivity index (χ1) is 11.2. The minimum absolute atomic E-state index is 0.616. The van der Waals surface area contributed by atoms with Gasteiger partial charge in [-0.1, -0.05) is 53.2 Å². The van der Waals surface area contributed by atoms with E-state index in [4.69, 9.17) is 16.8 Å². The molecular formula is C18H14ClN3O. The van der Waals surface area contributed by atoms with Gasteiger partial charge in [-0.05, 0) is 24.6 Å². The van der Waals surface area contributed by atoms with Crippen LogP contribution in [0.3, 0.4) is 0 Å². The summed E-state index contributed by atoms with van der Waals surface area (Å²) >= 11 is 6.03. The van der Waals surface area contributed by atoms with Gasteiger partial charge in [-0.2, -0.15) is 0 Å². The quantitative estimate of drug-likeness (QED) is 0.436. The Morgan fingerprint density at radius 1 is 1.13 bits per heavy atom. The highest BCUT2D eigenvalue weighted by Crippen LogP contribution is 2.28. The van der Waals surface area contributed by atoms with Crippen molar-refractivity contribution in [3.8, 4) is 22.6 Å². The van der Waals surface area contributed by atoms with Crippen molar-refractivity contribution in [3.63, 3.8) is 0 Å². The predicted molar refractivity (Wildman–Crippen MR) is 92.0 cm³/mol. The molecule has 23 heavy (non-hydrogen) atoms. The maximum absolute atomic E-state index is 8.88. The van der Waals surface area contributed by atoms with E-state index in [0.29, 0.717) is 22.1 Å². The van der Waals surface area contributed by atoms with Crippen LogP contribution in [0.15, 0.2) is 59.9 Å². The van der Waals surface area contributed by atoms with Gasteiger partial charge in [0.2, 0.25) is 0 Å². The third-order valence-electron chi connectivity index (χ3n) is 3.49. The summed E-state index contributed by atoms with van der Waals surface area (Å²) in [6.07, 6.45) is 2.98. The minimum atomic E-state index is 0.616. The highest BCUT2D eigenvalue weighted by atomic mass is 35.5. The zero-order valence-corrected chi connectivity index (χ0v) is 13.2. The number of hydrogen-bond donors (Lipinski definition) is 1. The van der Waals surface area contributed by atoms with Gasteiger partial charge in [0, 0.05) is 27.9 Å². The molecule has 0 bridgehead atoms. The lowest BCUT2D eigenvalue weighted by Crippen LogP contribution is -1.99. The van der Waals surface area contributed by atoms with Crippen LogP contribution in [0.1, 0.15) is 11.1 Å². The van der Waals surface area contributed by atoms with Crippen molar-refractivity contribution in [3.05, 3.63) is 70.9 Å². The van der Waals surface area contributed by atoms with Crippen molar-refractivity contribution in [1.29, 1.82) is 0 Å². The second-order valence-corrected chi connectivity index (χ2v) is 5.50. The van der Waals surface area contributed by atoms with E-state index in [2.05, 4.69) is 15.1 Å². The molecule has 4 nitrogen and oxygen atoms in total. The molecule has 0 fully saturated rings. The van der Waals surface area contributed by atoms with Gasteiger partial charge in [0.15, 0.2) is 5.82 Å². The van der Waals surface area contributed by atoms with E-state index in [-0.39, 0.29) is 0 Å².